The van der Waals surface area contributed by atoms with Gasteiger partial charge in [0.05, 0.1) is 16.3 Å². The highest BCUT2D eigenvalue weighted by molar-refractivity contribution is 7.18. The zero-order valence-electron chi connectivity index (χ0n) is 12.1. The number of hydrogen-bond acceptors (Lipinski definition) is 5. The number of ether oxygens (including phenoxy) is 1. The van der Waals surface area contributed by atoms with Crippen molar-refractivity contribution < 1.29 is 19.1 Å². The molecule has 0 aliphatic rings. The SMILES string of the molecule is COC(=O)CCCN(C)C(=O)CCC(=O)c1ccc(Cl)s1. The highest BCUT2D eigenvalue weighted by Gasteiger charge is 2.14. The number of halogens is 1. The summed E-state index contributed by atoms with van der Waals surface area (Å²) in [5.74, 6) is -0.486. The molecule has 1 heterocycles. The lowest BCUT2D eigenvalue weighted by molar-refractivity contribution is -0.141. The number of methoxy groups -OCH3 is 1. The van der Waals surface area contributed by atoms with Crippen molar-refractivity contribution in [1.29, 1.82) is 0 Å². The molecular formula is C14H18ClNO4S. The van der Waals surface area contributed by atoms with E-state index in [0.717, 1.165) is 0 Å². The van der Waals surface area contributed by atoms with Gasteiger partial charge < -0.3 is 9.64 Å². The fourth-order valence-electron chi connectivity index (χ4n) is 1.69. The third-order valence-corrected chi connectivity index (χ3v) is 4.21. The Kier molecular flexibility index (Phi) is 7.39. The number of carbonyl (C=O) groups excluding carboxylic acids is 3. The number of thiophene rings is 1. The Morgan fingerprint density at radius 1 is 1.24 bits per heavy atom. The van der Waals surface area contributed by atoms with Crippen molar-refractivity contribution in [1.82, 2.24) is 4.90 Å². The maximum absolute atomic E-state index is 11.9. The predicted molar refractivity (Wildman–Crippen MR) is 81.8 cm³/mol. The van der Waals surface area contributed by atoms with Gasteiger partial charge in [0.1, 0.15) is 0 Å². The van der Waals surface area contributed by atoms with Crippen molar-refractivity contribution in [2.24, 2.45) is 0 Å². The Bertz CT molecular complexity index is 515. The molecule has 0 radical (unpaired) electrons. The fraction of sp³-hybridized carbons (Fsp3) is 0.500. The zero-order valence-corrected chi connectivity index (χ0v) is 13.6. The smallest absolute Gasteiger partial charge is 0.305 e. The van der Waals surface area contributed by atoms with Crippen molar-refractivity contribution in [3.8, 4) is 0 Å². The Balaban J connectivity index is 2.29. The average molecular weight is 332 g/mol. The molecule has 0 aliphatic carbocycles. The van der Waals surface area contributed by atoms with E-state index in [2.05, 4.69) is 4.74 Å². The first-order valence-corrected chi connectivity index (χ1v) is 7.72. The van der Waals surface area contributed by atoms with E-state index in [1.165, 1.54) is 23.3 Å². The van der Waals surface area contributed by atoms with Crippen LogP contribution in [0.2, 0.25) is 4.34 Å². The number of Topliss-reactive ketones (excluding diaryl/α,β-unsaturated/α-hetero) is 1. The largest absolute Gasteiger partial charge is 0.469 e. The van der Waals surface area contributed by atoms with Crippen LogP contribution in [-0.2, 0) is 14.3 Å². The van der Waals surface area contributed by atoms with Gasteiger partial charge >= 0.3 is 5.97 Å². The summed E-state index contributed by atoms with van der Waals surface area (Å²) in [4.78, 5) is 36.8. The lowest BCUT2D eigenvalue weighted by Crippen LogP contribution is -2.28. The van der Waals surface area contributed by atoms with Gasteiger partial charge in [-0.05, 0) is 18.6 Å². The lowest BCUT2D eigenvalue weighted by atomic mass is 10.2. The van der Waals surface area contributed by atoms with Crippen molar-refractivity contribution in [3.63, 3.8) is 0 Å². The Labute approximate surface area is 132 Å². The van der Waals surface area contributed by atoms with Crippen LogP contribution in [0.3, 0.4) is 0 Å². The van der Waals surface area contributed by atoms with Gasteiger partial charge in [0.15, 0.2) is 5.78 Å². The first-order chi connectivity index (χ1) is 9.93. The summed E-state index contributed by atoms with van der Waals surface area (Å²) in [6, 6.07) is 3.33. The molecule has 5 nitrogen and oxygen atoms in total. The summed E-state index contributed by atoms with van der Waals surface area (Å²) in [7, 11) is 2.99. The van der Waals surface area contributed by atoms with Crippen LogP contribution in [0.1, 0.15) is 35.4 Å². The number of rotatable bonds is 8. The van der Waals surface area contributed by atoms with Gasteiger partial charge in [-0.15, -0.1) is 11.3 Å². The van der Waals surface area contributed by atoms with Crippen LogP contribution in [0, 0.1) is 0 Å². The van der Waals surface area contributed by atoms with E-state index in [-0.39, 0.29) is 36.9 Å². The Morgan fingerprint density at radius 3 is 2.52 bits per heavy atom. The summed E-state index contributed by atoms with van der Waals surface area (Å²) in [6.07, 6.45) is 1.14. The van der Waals surface area contributed by atoms with E-state index in [0.29, 0.717) is 22.2 Å². The topological polar surface area (TPSA) is 63.7 Å². The van der Waals surface area contributed by atoms with Gasteiger partial charge in [-0.1, -0.05) is 11.6 Å². The zero-order chi connectivity index (χ0) is 15.8. The Morgan fingerprint density at radius 2 is 1.95 bits per heavy atom. The summed E-state index contributed by atoms with van der Waals surface area (Å²) in [5, 5.41) is 0. The number of ketones is 1. The summed E-state index contributed by atoms with van der Waals surface area (Å²) in [5.41, 5.74) is 0. The second-order valence-corrected chi connectivity index (χ2v) is 6.24. The molecule has 0 spiro atoms. The quantitative estimate of drug-likeness (QED) is 0.543. The molecule has 1 rings (SSSR count). The number of hydrogen-bond donors (Lipinski definition) is 0. The molecule has 0 atom stereocenters. The van der Waals surface area contributed by atoms with E-state index in [4.69, 9.17) is 11.6 Å². The third-order valence-electron chi connectivity index (χ3n) is 2.94. The molecule has 0 aromatic carbocycles. The van der Waals surface area contributed by atoms with Gasteiger partial charge in [0, 0.05) is 32.9 Å². The molecule has 1 amide bonds. The summed E-state index contributed by atoms with van der Waals surface area (Å²) in [6.45, 7) is 0.465. The van der Waals surface area contributed by atoms with Crippen LogP contribution in [0.25, 0.3) is 0 Å². The maximum atomic E-state index is 11.9. The molecule has 1 aromatic rings. The molecule has 0 saturated heterocycles. The highest BCUT2D eigenvalue weighted by Crippen LogP contribution is 2.23. The number of carbonyl (C=O) groups is 3. The van der Waals surface area contributed by atoms with Crippen molar-refractivity contribution in [3.05, 3.63) is 21.3 Å². The van der Waals surface area contributed by atoms with Gasteiger partial charge in [0.25, 0.3) is 0 Å². The van der Waals surface area contributed by atoms with Crippen LogP contribution in [0.5, 0.6) is 0 Å². The standard InChI is InChI=1S/C14H18ClNO4S/c1-16(9-3-4-14(19)20-2)13(18)8-5-10(17)11-6-7-12(15)21-11/h6-7H,3-5,8-9H2,1-2H3. The number of esters is 1. The molecule has 116 valence electrons. The van der Waals surface area contributed by atoms with Gasteiger partial charge in [-0.3, -0.25) is 14.4 Å². The molecular weight excluding hydrogens is 314 g/mol. The van der Waals surface area contributed by atoms with Crippen LogP contribution < -0.4 is 0 Å². The number of amides is 1. The molecule has 21 heavy (non-hydrogen) atoms. The molecule has 0 N–H and O–H groups in total. The fourth-order valence-corrected chi connectivity index (χ4v) is 2.70. The second kappa shape index (κ2) is 8.79. The molecule has 0 saturated carbocycles. The van der Waals surface area contributed by atoms with E-state index < -0.39 is 0 Å². The second-order valence-electron chi connectivity index (χ2n) is 4.52. The molecule has 0 fully saturated rings. The highest BCUT2D eigenvalue weighted by atomic mass is 35.5. The summed E-state index contributed by atoms with van der Waals surface area (Å²) >= 11 is 6.98. The molecule has 7 heteroatoms. The van der Waals surface area contributed by atoms with Crippen molar-refractivity contribution in [2.45, 2.75) is 25.7 Å². The van der Waals surface area contributed by atoms with E-state index in [9.17, 15) is 14.4 Å². The van der Waals surface area contributed by atoms with E-state index in [1.807, 2.05) is 0 Å². The Hall–Kier alpha value is -1.40. The molecule has 1 aromatic heterocycles. The lowest BCUT2D eigenvalue weighted by Gasteiger charge is -2.16. The van der Waals surface area contributed by atoms with Crippen molar-refractivity contribution in [2.75, 3.05) is 20.7 Å². The van der Waals surface area contributed by atoms with Gasteiger partial charge in [-0.25, -0.2) is 0 Å². The van der Waals surface area contributed by atoms with E-state index >= 15 is 0 Å². The molecule has 0 bridgehead atoms. The first-order valence-electron chi connectivity index (χ1n) is 6.53. The normalized spacial score (nSPS) is 10.2. The molecule has 0 unspecified atom stereocenters. The monoisotopic (exact) mass is 331 g/mol. The average Bonchev–Trinajstić information content (AvgIpc) is 2.90. The predicted octanol–water partition coefficient (Wildman–Crippen LogP) is 2.78. The van der Waals surface area contributed by atoms with Crippen LogP contribution in [-0.4, -0.2) is 43.3 Å². The van der Waals surface area contributed by atoms with Crippen LogP contribution >= 0.6 is 22.9 Å². The van der Waals surface area contributed by atoms with E-state index in [1.54, 1.807) is 19.2 Å². The minimum absolute atomic E-state index is 0.0804. The minimum atomic E-state index is -0.291. The summed E-state index contributed by atoms with van der Waals surface area (Å²) < 4.78 is 5.09. The van der Waals surface area contributed by atoms with Crippen LogP contribution in [0.15, 0.2) is 12.1 Å². The number of nitrogens with zero attached hydrogens (tertiary/aromatic N) is 1. The van der Waals surface area contributed by atoms with Crippen LogP contribution in [0.4, 0.5) is 0 Å². The third kappa shape index (κ3) is 6.27. The van der Waals surface area contributed by atoms with Crippen molar-refractivity contribution >= 4 is 40.6 Å². The van der Waals surface area contributed by atoms with Gasteiger partial charge in [-0.2, -0.15) is 0 Å². The van der Waals surface area contributed by atoms with Gasteiger partial charge in [0.2, 0.25) is 5.91 Å². The first kappa shape index (κ1) is 17.7. The minimum Gasteiger partial charge on any atom is -0.469 e. The maximum Gasteiger partial charge on any atom is 0.305 e. The molecule has 0 aliphatic heterocycles.